The first-order valence-electron chi connectivity index (χ1n) is 5.76. The molecule has 0 aromatic rings. The largest absolute Gasteiger partial charge is 0.381 e. The van der Waals surface area contributed by atoms with Gasteiger partial charge in [0.1, 0.15) is 0 Å². The minimum Gasteiger partial charge on any atom is -0.381 e. The quantitative estimate of drug-likeness (QED) is 0.727. The average Bonchev–Trinajstić information content (AvgIpc) is 3.02. The van der Waals surface area contributed by atoms with Gasteiger partial charge in [-0.25, -0.2) is 0 Å². The van der Waals surface area contributed by atoms with Gasteiger partial charge in [-0.15, -0.1) is 0 Å². The maximum absolute atomic E-state index is 5.94. The van der Waals surface area contributed by atoms with Crippen LogP contribution in [0.5, 0.6) is 0 Å². The van der Waals surface area contributed by atoms with E-state index in [0.717, 1.165) is 38.5 Å². The van der Waals surface area contributed by atoms with Crippen LogP contribution in [0.3, 0.4) is 0 Å². The van der Waals surface area contributed by atoms with E-state index in [4.69, 9.17) is 10.5 Å². The normalized spacial score (nSPS) is 26.8. The number of nitrogens with zero attached hydrogens (tertiary/aromatic N) is 1. The molecule has 2 rings (SSSR count). The van der Waals surface area contributed by atoms with E-state index >= 15 is 0 Å². The summed E-state index contributed by atoms with van der Waals surface area (Å²) in [6.07, 6.45) is 5.04. The van der Waals surface area contributed by atoms with Crippen molar-refractivity contribution >= 4 is 0 Å². The summed E-state index contributed by atoms with van der Waals surface area (Å²) in [5.74, 6) is 0.950. The molecule has 1 aliphatic carbocycles. The standard InChI is InChI=1S/C11H22N2O/c1-13(8-10-2-3-10)11(9-12)4-6-14-7-5-11/h10H,2-9,12H2,1H3. The lowest BCUT2D eigenvalue weighted by atomic mass is 9.88. The molecular weight excluding hydrogens is 176 g/mol. The van der Waals surface area contributed by atoms with E-state index in [-0.39, 0.29) is 5.54 Å². The Labute approximate surface area is 86.6 Å². The summed E-state index contributed by atoms with van der Waals surface area (Å²) < 4.78 is 5.42. The van der Waals surface area contributed by atoms with E-state index in [1.165, 1.54) is 19.4 Å². The molecule has 1 aliphatic heterocycles. The summed E-state index contributed by atoms with van der Waals surface area (Å²) in [6, 6.07) is 0. The highest BCUT2D eigenvalue weighted by Crippen LogP contribution is 2.33. The fourth-order valence-electron chi connectivity index (χ4n) is 2.37. The number of nitrogens with two attached hydrogens (primary N) is 1. The first-order chi connectivity index (χ1) is 6.77. The van der Waals surface area contributed by atoms with Crippen molar-refractivity contribution in [3.8, 4) is 0 Å². The third kappa shape index (κ3) is 2.10. The van der Waals surface area contributed by atoms with Crippen molar-refractivity contribution in [3.63, 3.8) is 0 Å². The van der Waals surface area contributed by atoms with Crippen LogP contribution in [0.25, 0.3) is 0 Å². The molecule has 2 aliphatic rings. The molecule has 0 amide bonds. The number of hydrogen-bond acceptors (Lipinski definition) is 3. The summed E-state index contributed by atoms with van der Waals surface area (Å²) in [5.41, 5.74) is 6.18. The second-order valence-electron chi connectivity index (χ2n) is 4.86. The van der Waals surface area contributed by atoms with Crippen LogP contribution in [0.2, 0.25) is 0 Å². The van der Waals surface area contributed by atoms with Gasteiger partial charge >= 0.3 is 0 Å². The fraction of sp³-hybridized carbons (Fsp3) is 1.00. The maximum Gasteiger partial charge on any atom is 0.0484 e. The third-order valence-corrected chi connectivity index (χ3v) is 3.84. The average molecular weight is 198 g/mol. The minimum absolute atomic E-state index is 0.237. The maximum atomic E-state index is 5.94. The molecule has 0 radical (unpaired) electrons. The van der Waals surface area contributed by atoms with Crippen LogP contribution in [0.4, 0.5) is 0 Å². The fourth-order valence-corrected chi connectivity index (χ4v) is 2.37. The zero-order chi connectivity index (χ0) is 10.0. The first-order valence-corrected chi connectivity index (χ1v) is 5.76. The van der Waals surface area contributed by atoms with Crippen LogP contribution in [0, 0.1) is 5.92 Å². The number of hydrogen-bond donors (Lipinski definition) is 1. The Morgan fingerprint density at radius 1 is 1.36 bits per heavy atom. The molecule has 0 aromatic heterocycles. The lowest BCUT2D eigenvalue weighted by Crippen LogP contribution is -2.55. The molecule has 1 heterocycles. The Kier molecular flexibility index (Phi) is 3.10. The van der Waals surface area contributed by atoms with Crippen LogP contribution in [-0.4, -0.2) is 43.8 Å². The molecule has 1 saturated carbocycles. The predicted octanol–water partition coefficient (Wildman–Crippen LogP) is 0.836. The second-order valence-corrected chi connectivity index (χ2v) is 4.86. The molecule has 3 heteroatoms. The number of ether oxygens (including phenoxy) is 1. The molecular formula is C11H22N2O. The van der Waals surface area contributed by atoms with E-state index < -0.39 is 0 Å². The first kappa shape index (κ1) is 10.4. The van der Waals surface area contributed by atoms with Crippen molar-refractivity contribution < 1.29 is 4.74 Å². The highest BCUT2D eigenvalue weighted by atomic mass is 16.5. The van der Waals surface area contributed by atoms with Gasteiger partial charge in [0, 0.05) is 31.8 Å². The van der Waals surface area contributed by atoms with Gasteiger partial charge in [-0.2, -0.15) is 0 Å². The number of rotatable bonds is 4. The monoisotopic (exact) mass is 198 g/mol. The third-order valence-electron chi connectivity index (χ3n) is 3.84. The molecule has 1 saturated heterocycles. The van der Waals surface area contributed by atoms with Gasteiger partial charge < -0.3 is 10.5 Å². The SMILES string of the molecule is CN(CC1CC1)C1(CN)CCOCC1. The zero-order valence-electron chi connectivity index (χ0n) is 9.17. The summed E-state index contributed by atoms with van der Waals surface area (Å²) in [5, 5.41) is 0. The van der Waals surface area contributed by atoms with E-state index in [0.29, 0.717) is 0 Å². The van der Waals surface area contributed by atoms with Crippen LogP contribution in [0.1, 0.15) is 25.7 Å². The molecule has 2 N–H and O–H groups in total. The predicted molar refractivity (Wildman–Crippen MR) is 57.2 cm³/mol. The van der Waals surface area contributed by atoms with Gasteiger partial charge in [-0.1, -0.05) is 0 Å². The van der Waals surface area contributed by atoms with Crippen molar-refractivity contribution in [2.24, 2.45) is 11.7 Å². The van der Waals surface area contributed by atoms with E-state index in [1.807, 2.05) is 0 Å². The molecule has 0 bridgehead atoms. The molecule has 0 atom stereocenters. The summed E-state index contributed by atoms with van der Waals surface area (Å²) >= 11 is 0. The van der Waals surface area contributed by atoms with Gasteiger partial charge in [0.2, 0.25) is 0 Å². The van der Waals surface area contributed by atoms with Crippen molar-refractivity contribution in [2.45, 2.75) is 31.2 Å². The summed E-state index contributed by atoms with van der Waals surface area (Å²) in [4.78, 5) is 2.49. The summed E-state index contributed by atoms with van der Waals surface area (Å²) in [7, 11) is 2.23. The summed E-state index contributed by atoms with van der Waals surface area (Å²) in [6.45, 7) is 3.77. The molecule has 82 valence electrons. The van der Waals surface area contributed by atoms with Gasteiger partial charge in [0.15, 0.2) is 0 Å². The van der Waals surface area contributed by atoms with E-state index in [2.05, 4.69) is 11.9 Å². The van der Waals surface area contributed by atoms with Crippen molar-refractivity contribution in [3.05, 3.63) is 0 Å². The van der Waals surface area contributed by atoms with E-state index in [9.17, 15) is 0 Å². The van der Waals surface area contributed by atoms with E-state index in [1.54, 1.807) is 0 Å². The molecule has 2 fully saturated rings. The molecule has 0 aromatic carbocycles. The van der Waals surface area contributed by atoms with Gasteiger partial charge in [-0.3, -0.25) is 4.90 Å². The van der Waals surface area contributed by atoms with Crippen LogP contribution in [0.15, 0.2) is 0 Å². The zero-order valence-corrected chi connectivity index (χ0v) is 9.17. The Bertz CT molecular complexity index is 186. The van der Waals surface area contributed by atoms with Gasteiger partial charge in [0.25, 0.3) is 0 Å². The topological polar surface area (TPSA) is 38.5 Å². The Morgan fingerprint density at radius 2 is 2.00 bits per heavy atom. The molecule has 14 heavy (non-hydrogen) atoms. The lowest BCUT2D eigenvalue weighted by Gasteiger charge is -2.44. The Balaban J connectivity index is 1.93. The van der Waals surface area contributed by atoms with Crippen LogP contribution < -0.4 is 5.73 Å². The number of likely N-dealkylation sites (N-methyl/N-ethyl adjacent to an activating group) is 1. The Morgan fingerprint density at radius 3 is 2.50 bits per heavy atom. The van der Waals surface area contributed by atoms with Gasteiger partial charge in [-0.05, 0) is 38.6 Å². The van der Waals surface area contributed by atoms with Crippen LogP contribution in [-0.2, 0) is 4.74 Å². The second kappa shape index (κ2) is 4.17. The molecule has 3 nitrogen and oxygen atoms in total. The smallest absolute Gasteiger partial charge is 0.0484 e. The van der Waals surface area contributed by atoms with Crippen molar-refractivity contribution in [1.82, 2.24) is 4.90 Å². The minimum atomic E-state index is 0.237. The molecule has 0 unspecified atom stereocenters. The van der Waals surface area contributed by atoms with Crippen LogP contribution >= 0.6 is 0 Å². The van der Waals surface area contributed by atoms with Crippen molar-refractivity contribution in [1.29, 1.82) is 0 Å². The molecule has 0 spiro atoms. The highest BCUT2D eigenvalue weighted by Gasteiger charge is 2.37. The van der Waals surface area contributed by atoms with Crippen molar-refractivity contribution in [2.75, 3.05) is 33.4 Å². The highest BCUT2D eigenvalue weighted by molar-refractivity contribution is 4.94. The lowest BCUT2D eigenvalue weighted by molar-refractivity contribution is -0.0146. The van der Waals surface area contributed by atoms with Gasteiger partial charge in [0.05, 0.1) is 0 Å². The Hall–Kier alpha value is -0.120.